The molecule has 0 aliphatic carbocycles. The summed E-state index contributed by atoms with van der Waals surface area (Å²) in [4.78, 5) is 20.2. The van der Waals surface area contributed by atoms with Crippen molar-refractivity contribution in [2.45, 2.75) is 32.9 Å². The molecule has 41 heavy (non-hydrogen) atoms. The fraction of sp³-hybridized carbons (Fsp3) is 0.226. The molecule has 0 bridgehead atoms. The van der Waals surface area contributed by atoms with Gasteiger partial charge in [-0.1, -0.05) is 35.9 Å². The summed E-state index contributed by atoms with van der Waals surface area (Å²) in [6.07, 6.45) is 7.71. The van der Waals surface area contributed by atoms with Crippen molar-refractivity contribution in [2.75, 3.05) is 13.2 Å². The number of aromatic nitrogens is 2. The zero-order valence-electron chi connectivity index (χ0n) is 22.7. The minimum absolute atomic E-state index is 0.410. The minimum Gasteiger partial charge on any atom is -0.492 e. The molecule has 1 aliphatic heterocycles. The highest BCUT2D eigenvalue weighted by Crippen LogP contribution is 2.39. The third-order valence-corrected chi connectivity index (χ3v) is 8.24. The van der Waals surface area contributed by atoms with E-state index in [0.29, 0.717) is 58.0 Å². The maximum atomic E-state index is 13.5. The van der Waals surface area contributed by atoms with Crippen molar-refractivity contribution in [2.24, 2.45) is 0 Å². The molecule has 1 aliphatic rings. The van der Waals surface area contributed by atoms with Crippen LogP contribution in [0.1, 0.15) is 29.1 Å². The van der Waals surface area contributed by atoms with Gasteiger partial charge in [0.1, 0.15) is 24.2 Å². The van der Waals surface area contributed by atoms with Gasteiger partial charge in [-0.25, -0.2) is 4.79 Å². The summed E-state index contributed by atoms with van der Waals surface area (Å²) < 4.78 is 13.6. The van der Waals surface area contributed by atoms with Crippen molar-refractivity contribution in [3.8, 4) is 5.75 Å². The summed E-state index contributed by atoms with van der Waals surface area (Å²) in [5, 5.41) is 10.3. The number of hydrogen-bond acceptors (Lipinski definition) is 5. The Kier molecular flexibility index (Phi) is 8.73. The molecule has 0 radical (unpaired) electrons. The monoisotopic (exact) mass is 608 g/mol. The number of aryl methyl sites for hydroxylation is 1. The molecule has 5 rings (SSSR count). The van der Waals surface area contributed by atoms with Crippen molar-refractivity contribution >= 4 is 51.5 Å². The smallest absolute Gasteiger partial charge is 0.416 e. The number of thiazole rings is 1. The number of aromatic amines is 1. The van der Waals surface area contributed by atoms with Crippen LogP contribution >= 0.6 is 34.5 Å². The third kappa shape index (κ3) is 6.45. The molecule has 0 spiro atoms. The lowest BCUT2D eigenvalue weighted by Gasteiger charge is -2.35. The molecule has 1 amide bonds. The molecular weight excluding hydrogens is 579 g/mol. The quantitative estimate of drug-likeness (QED) is 0.157. The molecule has 4 aromatic rings. The van der Waals surface area contributed by atoms with Crippen molar-refractivity contribution in [1.29, 1.82) is 5.41 Å². The Labute approximate surface area is 252 Å². The summed E-state index contributed by atoms with van der Waals surface area (Å²) in [6.45, 7) is 9.67. The average Bonchev–Trinajstić information content (AvgIpc) is 3.48. The lowest BCUT2D eigenvalue weighted by molar-refractivity contribution is 0.135. The summed E-state index contributed by atoms with van der Waals surface area (Å²) in [5.41, 5.74) is 3.62. The van der Waals surface area contributed by atoms with E-state index in [-0.39, 0.29) is 0 Å². The Balaban J connectivity index is 1.39. The highest BCUT2D eigenvalue weighted by Gasteiger charge is 2.35. The maximum absolute atomic E-state index is 13.5. The predicted octanol–water partition coefficient (Wildman–Crippen LogP) is 7.96. The van der Waals surface area contributed by atoms with Gasteiger partial charge in [-0.05, 0) is 86.0 Å². The topological polar surface area (TPSA) is 83.3 Å². The minimum atomic E-state index is -0.491. The van der Waals surface area contributed by atoms with E-state index in [9.17, 15) is 4.79 Å². The molecular formula is C31H30Cl2N4O3S. The van der Waals surface area contributed by atoms with Gasteiger partial charge in [-0.3, -0.25) is 10.3 Å². The molecule has 0 unspecified atom stereocenters. The standard InChI is InChI=1S/C31H30Cl2N4O3S/c1-4-23(39-16-15-36-18-20(3)41-30(36)34)9-5-19(2)29-28-25(26-17-22(33)8-12-27(26)35-28)13-14-37(29)31(38)40-24-10-6-21(32)7-11-24/h4-12,17-18,29,34-35H,2,13-16H2,1,3H3/b9-5-,23-4+,34-30?/t29-/m0/s1. The average molecular weight is 610 g/mol. The van der Waals surface area contributed by atoms with Crippen LogP contribution in [0.5, 0.6) is 5.75 Å². The first kappa shape index (κ1) is 28.8. The Morgan fingerprint density at radius 2 is 1.95 bits per heavy atom. The van der Waals surface area contributed by atoms with E-state index in [1.54, 1.807) is 29.2 Å². The molecule has 2 aromatic heterocycles. The highest BCUT2D eigenvalue weighted by atomic mass is 35.5. The van der Waals surface area contributed by atoms with Crippen LogP contribution in [0.25, 0.3) is 10.9 Å². The van der Waals surface area contributed by atoms with Gasteiger partial charge < -0.3 is 19.0 Å². The lowest BCUT2D eigenvalue weighted by atomic mass is 9.93. The molecule has 1 atom stereocenters. The van der Waals surface area contributed by atoms with Crippen LogP contribution < -0.4 is 9.54 Å². The van der Waals surface area contributed by atoms with E-state index >= 15 is 0 Å². The van der Waals surface area contributed by atoms with E-state index in [1.807, 2.05) is 61.0 Å². The van der Waals surface area contributed by atoms with Gasteiger partial charge in [0.25, 0.3) is 0 Å². The summed E-state index contributed by atoms with van der Waals surface area (Å²) in [6, 6.07) is 11.9. The van der Waals surface area contributed by atoms with Crippen LogP contribution in [-0.4, -0.2) is 33.7 Å². The van der Waals surface area contributed by atoms with Gasteiger partial charge in [-0.15, -0.1) is 11.3 Å². The molecule has 0 fully saturated rings. The van der Waals surface area contributed by atoms with E-state index in [4.69, 9.17) is 38.1 Å². The molecule has 0 saturated carbocycles. The first-order valence-electron chi connectivity index (χ1n) is 13.1. The Morgan fingerprint density at radius 3 is 2.66 bits per heavy atom. The molecule has 10 heteroatoms. The summed E-state index contributed by atoms with van der Waals surface area (Å²) >= 11 is 13.8. The second-order valence-electron chi connectivity index (χ2n) is 9.66. The maximum Gasteiger partial charge on any atom is 0.416 e. The molecule has 2 aromatic carbocycles. The van der Waals surface area contributed by atoms with E-state index in [0.717, 1.165) is 27.0 Å². The fourth-order valence-corrected chi connectivity index (χ4v) is 6.00. The van der Waals surface area contributed by atoms with E-state index in [1.165, 1.54) is 11.3 Å². The van der Waals surface area contributed by atoms with Crippen LogP contribution in [0, 0.1) is 12.3 Å². The van der Waals surface area contributed by atoms with Crippen LogP contribution in [-0.2, 0) is 17.7 Å². The second-order valence-corrected chi connectivity index (χ2v) is 11.8. The summed E-state index contributed by atoms with van der Waals surface area (Å²) in [7, 11) is 0. The van der Waals surface area contributed by atoms with Crippen molar-refractivity contribution in [3.05, 3.63) is 116 Å². The highest BCUT2D eigenvalue weighted by molar-refractivity contribution is 7.09. The third-order valence-electron chi connectivity index (χ3n) is 6.90. The Bertz CT molecular complexity index is 1720. The predicted molar refractivity (Wildman–Crippen MR) is 165 cm³/mol. The number of halogens is 2. The molecule has 3 heterocycles. The van der Waals surface area contributed by atoms with Crippen molar-refractivity contribution in [3.63, 3.8) is 0 Å². The zero-order chi connectivity index (χ0) is 29.1. The number of benzene rings is 2. The molecule has 212 valence electrons. The number of carbonyl (C=O) groups is 1. The molecule has 0 saturated heterocycles. The van der Waals surface area contributed by atoms with Crippen molar-refractivity contribution < 1.29 is 14.3 Å². The number of amides is 1. The zero-order valence-corrected chi connectivity index (χ0v) is 25.1. The van der Waals surface area contributed by atoms with Gasteiger partial charge in [0.2, 0.25) is 0 Å². The number of nitrogens with zero attached hydrogens (tertiary/aromatic N) is 2. The first-order valence-corrected chi connectivity index (χ1v) is 14.7. The van der Waals surface area contributed by atoms with Gasteiger partial charge in [-0.2, -0.15) is 0 Å². The number of fused-ring (bicyclic) bond motifs is 3. The van der Waals surface area contributed by atoms with Crippen LogP contribution in [0.3, 0.4) is 0 Å². The fourth-order valence-electron chi connectivity index (χ4n) is 4.96. The Hall–Kier alpha value is -3.72. The first-order chi connectivity index (χ1) is 19.7. The van der Waals surface area contributed by atoms with Crippen LogP contribution in [0.2, 0.25) is 10.0 Å². The van der Waals surface area contributed by atoms with Crippen LogP contribution in [0.15, 0.2) is 84.8 Å². The Morgan fingerprint density at radius 1 is 1.20 bits per heavy atom. The number of nitrogens with one attached hydrogen (secondary N) is 2. The van der Waals surface area contributed by atoms with Crippen molar-refractivity contribution in [1.82, 2.24) is 14.5 Å². The van der Waals surface area contributed by atoms with Gasteiger partial charge in [0.05, 0.1) is 6.54 Å². The van der Waals surface area contributed by atoms with E-state index < -0.39 is 12.1 Å². The molecule has 7 nitrogen and oxygen atoms in total. The number of carbonyl (C=O) groups excluding carboxylic acids is 1. The molecule has 2 N–H and O–H groups in total. The SMILES string of the molecule is C=C(/C=C\C(=C/C)OCCn1cc(C)sc1=N)[C@H]1c2[nH]c3ccc(Cl)cc3c2CCN1C(=O)Oc1ccc(Cl)cc1. The number of rotatable bonds is 8. The van der Waals surface area contributed by atoms with E-state index in [2.05, 4.69) is 11.6 Å². The van der Waals surface area contributed by atoms with Gasteiger partial charge in [0.15, 0.2) is 4.80 Å². The number of hydrogen-bond donors (Lipinski definition) is 2. The summed E-state index contributed by atoms with van der Waals surface area (Å²) in [5.74, 6) is 1.08. The number of allylic oxidation sites excluding steroid dienone is 2. The number of H-pyrrole nitrogens is 1. The second kappa shape index (κ2) is 12.4. The van der Waals surface area contributed by atoms with Gasteiger partial charge in [0, 0.05) is 44.3 Å². The van der Waals surface area contributed by atoms with Gasteiger partial charge >= 0.3 is 6.09 Å². The lowest BCUT2D eigenvalue weighted by Crippen LogP contribution is -2.42. The largest absolute Gasteiger partial charge is 0.492 e. The normalized spacial score (nSPS) is 15.4. The van der Waals surface area contributed by atoms with Crippen LogP contribution in [0.4, 0.5) is 4.79 Å². The number of ether oxygens (including phenoxy) is 2.